The lowest BCUT2D eigenvalue weighted by molar-refractivity contribution is 0.100. The molecule has 0 saturated carbocycles. The first kappa shape index (κ1) is 18.4. The minimum Gasteiger partial charge on any atom is -0.366 e. The molecule has 7 heteroatoms. The molecule has 0 spiro atoms. The van der Waals surface area contributed by atoms with Crippen LogP contribution in [0.1, 0.15) is 31.1 Å². The third-order valence-electron chi connectivity index (χ3n) is 5.35. The van der Waals surface area contributed by atoms with Gasteiger partial charge in [0.15, 0.2) is 0 Å². The van der Waals surface area contributed by atoms with Crippen molar-refractivity contribution in [1.29, 1.82) is 0 Å². The predicted molar refractivity (Wildman–Crippen MR) is 111 cm³/mol. The van der Waals surface area contributed by atoms with Gasteiger partial charge in [-0.1, -0.05) is 6.07 Å². The summed E-state index contributed by atoms with van der Waals surface area (Å²) in [5, 5.41) is 0. The largest absolute Gasteiger partial charge is 0.366 e. The topological polar surface area (TPSA) is 91.1 Å². The zero-order chi connectivity index (χ0) is 19.9. The number of benzene rings is 1. The summed E-state index contributed by atoms with van der Waals surface area (Å²) in [6.45, 7) is 10.8. The number of nitrogens with one attached hydrogen (secondary N) is 1. The fourth-order valence-electron chi connectivity index (χ4n) is 3.69. The highest BCUT2D eigenvalue weighted by atomic mass is 16.1. The van der Waals surface area contributed by atoms with Crippen LogP contribution in [-0.2, 0) is 0 Å². The van der Waals surface area contributed by atoms with E-state index in [1.165, 1.54) is 0 Å². The lowest BCUT2D eigenvalue weighted by Gasteiger charge is -2.42. The van der Waals surface area contributed by atoms with Crippen LogP contribution < -0.4 is 10.6 Å². The summed E-state index contributed by atoms with van der Waals surface area (Å²) in [4.78, 5) is 28.9. The summed E-state index contributed by atoms with van der Waals surface area (Å²) in [5.41, 5.74) is 8.33. The first-order chi connectivity index (χ1) is 13.3. The highest BCUT2D eigenvalue weighted by molar-refractivity contribution is 6.04. The average Bonchev–Trinajstić information content (AvgIpc) is 3.11. The predicted octanol–water partition coefficient (Wildman–Crippen LogP) is 2.64. The van der Waals surface area contributed by atoms with E-state index >= 15 is 0 Å². The number of pyridine rings is 1. The molecule has 3 heterocycles. The van der Waals surface area contributed by atoms with E-state index in [0.29, 0.717) is 16.9 Å². The molecule has 146 valence electrons. The molecular formula is C21H26N6O. The van der Waals surface area contributed by atoms with Gasteiger partial charge in [-0.25, -0.2) is 9.97 Å². The number of anilines is 1. The molecule has 1 aliphatic heterocycles. The monoisotopic (exact) mass is 378 g/mol. The van der Waals surface area contributed by atoms with Crippen LogP contribution in [0.4, 0.5) is 5.82 Å². The molecule has 28 heavy (non-hydrogen) atoms. The van der Waals surface area contributed by atoms with E-state index in [1.807, 2.05) is 24.4 Å². The molecule has 1 amide bonds. The number of carbonyl (C=O) groups excluding carboxylic acids is 1. The summed E-state index contributed by atoms with van der Waals surface area (Å²) < 4.78 is 0. The van der Waals surface area contributed by atoms with E-state index < -0.39 is 5.91 Å². The molecule has 0 bridgehead atoms. The van der Waals surface area contributed by atoms with Gasteiger partial charge in [-0.3, -0.25) is 9.69 Å². The number of hydrogen-bond donors (Lipinski definition) is 2. The normalized spacial score (nSPS) is 15.9. The lowest BCUT2D eigenvalue weighted by atomic mass is 10.0. The fraction of sp³-hybridized carbons (Fsp3) is 0.381. The Morgan fingerprint density at radius 3 is 2.46 bits per heavy atom. The van der Waals surface area contributed by atoms with Crippen molar-refractivity contribution in [1.82, 2.24) is 19.9 Å². The Balaban J connectivity index is 1.54. The molecule has 0 aliphatic carbocycles. The van der Waals surface area contributed by atoms with Crippen LogP contribution in [0.25, 0.3) is 22.4 Å². The van der Waals surface area contributed by atoms with Crippen LogP contribution in [0.3, 0.4) is 0 Å². The molecule has 3 aromatic rings. The number of imidazole rings is 1. The standard InChI is InChI=1S/C21H26N6O/c1-21(2,3)27-11-9-26(10-12-27)17-8-7-14(13-23-17)20-24-16-6-4-5-15(19(22)28)18(16)25-20/h4-8,13H,9-12H2,1-3H3,(H2,22,28)(H,24,25). The van der Waals surface area contributed by atoms with Crippen molar-refractivity contribution in [3.63, 3.8) is 0 Å². The molecule has 7 nitrogen and oxygen atoms in total. The number of aromatic nitrogens is 3. The number of carbonyl (C=O) groups is 1. The summed E-state index contributed by atoms with van der Waals surface area (Å²) >= 11 is 0. The van der Waals surface area contributed by atoms with Gasteiger partial charge in [-0.15, -0.1) is 0 Å². The second-order valence-corrected chi connectivity index (χ2v) is 8.20. The molecule has 1 fully saturated rings. The van der Waals surface area contributed by atoms with Crippen LogP contribution in [0.15, 0.2) is 36.5 Å². The SMILES string of the molecule is CC(C)(C)N1CCN(c2ccc(-c3nc4c(C(N)=O)cccc4[nH]3)cn2)CC1. The van der Waals surface area contributed by atoms with Gasteiger partial charge in [-0.2, -0.15) is 0 Å². The molecule has 0 radical (unpaired) electrons. The van der Waals surface area contributed by atoms with E-state index in [0.717, 1.165) is 43.1 Å². The Hall–Kier alpha value is -2.93. The Labute approximate surface area is 164 Å². The molecule has 0 atom stereocenters. The first-order valence-electron chi connectivity index (χ1n) is 9.58. The summed E-state index contributed by atoms with van der Waals surface area (Å²) in [6, 6.07) is 9.41. The van der Waals surface area contributed by atoms with Crippen molar-refractivity contribution in [2.75, 3.05) is 31.1 Å². The highest BCUT2D eigenvalue weighted by Gasteiger charge is 2.26. The quantitative estimate of drug-likeness (QED) is 0.731. The number of primary amides is 1. The van der Waals surface area contributed by atoms with Gasteiger partial charge in [0, 0.05) is 43.5 Å². The number of aromatic amines is 1. The summed E-state index contributed by atoms with van der Waals surface area (Å²) in [7, 11) is 0. The van der Waals surface area contributed by atoms with Crippen molar-refractivity contribution in [3.05, 3.63) is 42.1 Å². The molecule has 1 aromatic carbocycles. The van der Waals surface area contributed by atoms with Gasteiger partial charge < -0.3 is 15.6 Å². The van der Waals surface area contributed by atoms with Crippen molar-refractivity contribution in [2.45, 2.75) is 26.3 Å². The maximum atomic E-state index is 11.6. The minimum absolute atomic E-state index is 0.203. The number of rotatable bonds is 3. The number of amides is 1. The van der Waals surface area contributed by atoms with Crippen LogP contribution >= 0.6 is 0 Å². The highest BCUT2D eigenvalue weighted by Crippen LogP contribution is 2.25. The third kappa shape index (κ3) is 3.45. The Morgan fingerprint density at radius 1 is 1.11 bits per heavy atom. The Morgan fingerprint density at radius 2 is 1.86 bits per heavy atom. The number of fused-ring (bicyclic) bond motifs is 1. The number of H-pyrrole nitrogens is 1. The first-order valence-corrected chi connectivity index (χ1v) is 9.58. The van der Waals surface area contributed by atoms with Gasteiger partial charge in [-0.05, 0) is 45.0 Å². The fourth-order valence-corrected chi connectivity index (χ4v) is 3.69. The maximum absolute atomic E-state index is 11.6. The van der Waals surface area contributed by atoms with Crippen molar-refractivity contribution in [2.24, 2.45) is 5.73 Å². The van der Waals surface area contributed by atoms with E-state index in [2.05, 4.69) is 45.5 Å². The van der Waals surface area contributed by atoms with Gasteiger partial charge in [0.2, 0.25) is 0 Å². The maximum Gasteiger partial charge on any atom is 0.250 e. The smallest absolute Gasteiger partial charge is 0.250 e. The van der Waals surface area contributed by atoms with Gasteiger partial charge in [0.25, 0.3) is 5.91 Å². The zero-order valence-corrected chi connectivity index (χ0v) is 16.6. The number of para-hydroxylation sites is 1. The number of hydrogen-bond acceptors (Lipinski definition) is 5. The van der Waals surface area contributed by atoms with Gasteiger partial charge in [0.05, 0.1) is 11.1 Å². The Bertz CT molecular complexity index is 994. The summed E-state index contributed by atoms with van der Waals surface area (Å²) in [6.07, 6.45) is 1.83. The molecular weight excluding hydrogens is 352 g/mol. The number of piperazine rings is 1. The van der Waals surface area contributed by atoms with E-state index in [4.69, 9.17) is 5.73 Å². The van der Waals surface area contributed by atoms with Gasteiger partial charge in [0.1, 0.15) is 17.2 Å². The van der Waals surface area contributed by atoms with Crippen LogP contribution in [0.2, 0.25) is 0 Å². The van der Waals surface area contributed by atoms with Crippen LogP contribution in [0, 0.1) is 0 Å². The molecule has 3 N–H and O–H groups in total. The average molecular weight is 378 g/mol. The molecule has 4 rings (SSSR count). The zero-order valence-electron chi connectivity index (χ0n) is 16.6. The molecule has 1 saturated heterocycles. The van der Waals surface area contributed by atoms with E-state index in [-0.39, 0.29) is 5.54 Å². The van der Waals surface area contributed by atoms with Crippen molar-refractivity contribution < 1.29 is 4.79 Å². The van der Waals surface area contributed by atoms with Crippen molar-refractivity contribution >= 4 is 22.8 Å². The van der Waals surface area contributed by atoms with Crippen LogP contribution in [0.5, 0.6) is 0 Å². The van der Waals surface area contributed by atoms with Crippen molar-refractivity contribution in [3.8, 4) is 11.4 Å². The second-order valence-electron chi connectivity index (χ2n) is 8.20. The summed E-state index contributed by atoms with van der Waals surface area (Å²) in [5.74, 6) is 1.18. The molecule has 0 unspecified atom stereocenters. The minimum atomic E-state index is -0.480. The van der Waals surface area contributed by atoms with Gasteiger partial charge >= 0.3 is 0 Å². The second kappa shape index (κ2) is 6.91. The van der Waals surface area contributed by atoms with Crippen LogP contribution in [-0.4, -0.2) is 57.5 Å². The lowest BCUT2D eigenvalue weighted by Crippen LogP contribution is -2.53. The molecule has 1 aliphatic rings. The van der Waals surface area contributed by atoms with E-state index in [9.17, 15) is 4.79 Å². The number of nitrogens with two attached hydrogens (primary N) is 1. The van der Waals surface area contributed by atoms with E-state index in [1.54, 1.807) is 12.1 Å². The third-order valence-corrected chi connectivity index (χ3v) is 5.35. The molecule has 2 aromatic heterocycles. The Kier molecular flexibility index (Phi) is 4.55. The number of nitrogens with zero attached hydrogens (tertiary/aromatic N) is 4.